The van der Waals surface area contributed by atoms with Crippen LogP contribution < -0.4 is 11.3 Å². The van der Waals surface area contributed by atoms with Gasteiger partial charge in [-0.15, -0.1) is 0 Å². The minimum Gasteiger partial charge on any atom is -0.338 e. The number of hydrogen-bond donors (Lipinski definition) is 2. The Morgan fingerprint density at radius 2 is 1.52 bits per heavy atom. The van der Waals surface area contributed by atoms with E-state index in [4.69, 9.17) is 5.84 Å². The average molecular weight is 281 g/mol. The van der Waals surface area contributed by atoms with Crippen LogP contribution in [0.3, 0.4) is 0 Å². The van der Waals surface area contributed by atoms with Crippen molar-refractivity contribution in [1.29, 1.82) is 0 Å². The summed E-state index contributed by atoms with van der Waals surface area (Å²) in [5, 5.41) is 0. The van der Waals surface area contributed by atoms with Gasteiger partial charge in [-0.1, -0.05) is 36.4 Å². The van der Waals surface area contributed by atoms with Crippen molar-refractivity contribution in [1.82, 2.24) is 4.90 Å². The molecule has 3 N–H and O–H groups in total. The molecule has 1 heterocycles. The van der Waals surface area contributed by atoms with Crippen molar-refractivity contribution >= 4 is 11.6 Å². The van der Waals surface area contributed by atoms with E-state index in [0.29, 0.717) is 11.3 Å². The molecule has 4 nitrogen and oxygen atoms in total. The van der Waals surface area contributed by atoms with Crippen molar-refractivity contribution in [3.8, 4) is 0 Å². The van der Waals surface area contributed by atoms with Gasteiger partial charge >= 0.3 is 0 Å². The summed E-state index contributed by atoms with van der Waals surface area (Å²) in [5.41, 5.74) is 6.59. The number of nitrogens with one attached hydrogen (secondary N) is 1. The first-order valence-electron chi connectivity index (χ1n) is 7.21. The van der Waals surface area contributed by atoms with E-state index in [2.05, 4.69) is 29.7 Å². The first-order valence-corrected chi connectivity index (χ1v) is 7.21. The number of hydrogen-bond acceptors (Lipinski definition) is 3. The summed E-state index contributed by atoms with van der Waals surface area (Å²) in [7, 11) is 0. The van der Waals surface area contributed by atoms with Crippen LogP contribution in [0, 0.1) is 0 Å². The first kappa shape index (κ1) is 13.6. The minimum absolute atomic E-state index is 0.0383. The number of carbonyl (C=O) groups is 1. The summed E-state index contributed by atoms with van der Waals surface area (Å²) in [6.07, 6.45) is 1.81. The van der Waals surface area contributed by atoms with E-state index >= 15 is 0 Å². The number of rotatable bonds is 2. The fourth-order valence-corrected chi connectivity index (χ4v) is 2.84. The molecule has 1 aliphatic rings. The van der Waals surface area contributed by atoms with E-state index < -0.39 is 0 Å². The SMILES string of the molecule is NNc1ccccc1C(=O)N1CCc2ccccc2CC1. The molecule has 4 heteroatoms. The highest BCUT2D eigenvalue weighted by Gasteiger charge is 2.21. The number of hydrazine groups is 1. The lowest BCUT2D eigenvalue weighted by molar-refractivity contribution is 0.0764. The van der Waals surface area contributed by atoms with Gasteiger partial charge in [0.15, 0.2) is 0 Å². The zero-order valence-electron chi connectivity index (χ0n) is 11.9. The largest absolute Gasteiger partial charge is 0.338 e. The molecule has 2 aromatic carbocycles. The summed E-state index contributed by atoms with van der Waals surface area (Å²) in [4.78, 5) is 14.6. The van der Waals surface area contributed by atoms with Crippen molar-refractivity contribution in [3.05, 3.63) is 65.2 Å². The number of nitrogens with two attached hydrogens (primary N) is 1. The van der Waals surface area contributed by atoms with Crippen LogP contribution in [-0.2, 0) is 12.8 Å². The van der Waals surface area contributed by atoms with E-state index in [9.17, 15) is 4.79 Å². The summed E-state index contributed by atoms with van der Waals surface area (Å²) >= 11 is 0. The molecule has 0 saturated heterocycles. The molecule has 2 aromatic rings. The van der Waals surface area contributed by atoms with Gasteiger partial charge in [0.2, 0.25) is 0 Å². The quantitative estimate of drug-likeness (QED) is 0.655. The molecule has 0 radical (unpaired) electrons. The topological polar surface area (TPSA) is 58.4 Å². The average Bonchev–Trinajstić information content (AvgIpc) is 2.77. The third kappa shape index (κ3) is 2.76. The normalized spacial score (nSPS) is 14.2. The van der Waals surface area contributed by atoms with Crippen LogP contribution >= 0.6 is 0 Å². The van der Waals surface area contributed by atoms with E-state index in [1.807, 2.05) is 29.2 Å². The zero-order valence-corrected chi connectivity index (χ0v) is 11.9. The van der Waals surface area contributed by atoms with Crippen molar-refractivity contribution in [2.45, 2.75) is 12.8 Å². The molecule has 108 valence electrons. The van der Waals surface area contributed by atoms with Gasteiger partial charge in [-0.2, -0.15) is 0 Å². The van der Waals surface area contributed by atoms with Crippen molar-refractivity contribution in [2.24, 2.45) is 5.84 Å². The molecule has 0 bridgehead atoms. The van der Waals surface area contributed by atoms with E-state index in [1.165, 1.54) is 11.1 Å². The lowest BCUT2D eigenvalue weighted by Crippen LogP contribution is -2.34. The van der Waals surface area contributed by atoms with Gasteiger partial charge in [0.25, 0.3) is 5.91 Å². The summed E-state index contributed by atoms with van der Waals surface area (Å²) in [5.74, 6) is 5.54. The Labute approximate surface area is 124 Å². The predicted molar refractivity (Wildman–Crippen MR) is 84.0 cm³/mol. The van der Waals surface area contributed by atoms with Crippen LogP contribution in [-0.4, -0.2) is 23.9 Å². The highest BCUT2D eigenvalue weighted by atomic mass is 16.2. The third-order valence-corrected chi connectivity index (χ3v) is 4.02. The Morgan fingerprint density at radius 1 is 0.952 bits per heavy atom. The molecule has 3 rings (SSSR count). The van der Waals surface area contributed by atoms with E-state index in [0.717, 1.165) is 25.9 Å². The van der Waals surface area contributed by atoms with Gasteiger partial charge < -0.3 is 10.3 Å². The maximum absolute atomic E-state index is 12.7. The molecular weight excluding hydrogens is 262 g/mol. The van der Waals surface area contributed by atoms with Gasteiger partial charge in [-0.25, -0.2) is 0 Å². The molecule has 0 spiro atoms. The number of benzene rings is 2. The number of anilines is 1. The van der Waals surface area contributed by atoms with E-state index in [-0.39, 0.29) is 5.91 Å². The number of carbonyl (C=O) groups excluding carboxylic acids is 1. The van der Waals surface area contributed by atoms with Crippen LogP contribution in [0.4, 0.5) is 5.69 Å². The first-order chi connectivity index (χ1) is 10.3. The van der Waals surface area contributed by atoms with Crippen LogP contribution in [0.2, 0.25) is 0 Å². The Bertz CT molecular complexity index is 627. The molecule has 1 aliphatic heterocycles. The Balaban J connectivity index is 1.81. The van der Waals surface area contributed by atoms with Gasteiger partial charge in [0.05, 0.1) is 11.3 Å². The second kappa shape index (κ2) is 5.97. The lowest BCUT2D eigenvalue weighted by Gasteiger charge is -2.21. The zero-order chi connectivity index (χ0) is 14.7. The van der Waals surface area contributed by atoms with Crippen molar-refractivity contribution in [2.75, 3.05) is 18.5 Å². The second-order valence-electron chi connectivity index (χ2n) is 5.25. The highest BCUT2D eigenvalue weighted by Crippen LogP contribution is 2.20. The van der Waals surface area contributed by atoms with Gasteiger partial charge in [0.1, 0.15) is 0 Å². The fraction of sp³-hybridized carbons (Fsp3) is 0.235. The van der Waals surface area contributed by atoms with Crippen LogP contribution in [0.5, 0.6) is 0 Å². The van der Waals surface area contributed by atoms with Gasteiger partial charge in [0, 0.05) is 13.1 Å². The maximum Gasteiger partial charge on any atom is 0.256 e. The number of nitrogen functional groups attached to an aromatic ring is 1. The summed E-state index contributed by atoms with van der Waals surface area (Å²) in [6.45, 7) is 1.49. The summed E-state index contributed by atoms with van der Waals surface area (Å²) < 4.78 is 0. The molecule has 21 heavy (non-hydrogen) atoms. The van der Waals surface area contributed by atoms with Crippen molar-refractivity contribution in [3.63, 3.8) is 0 Å². The number of nitrogens with zero attached hydrogens (tertiary/aromatic N) is 1. The Hall–Kier alpha value is -2.33. The lowest BCUT2D eigenvalue weighted by atomic mass is 10.0. The molecule has 0 saturated carbocycles. The number of amides is 1. The molecular formula is C17H19N3O. The van der Waals surface area contributed by atoms with Crippen LogP contribution in [0.25, 0.3) is 0 Å². The fourth-order valence-electron chi connectivity index (χ4n) is 2.84. The Kier molecular flexibility index (Phi) is 3.88. The highest BCUT2D eigenvalue weighted by molar-refractivity contribution is 5.99. The molecule has 0 aliphatic carbocycles. The maximum atomic E-state index is 12.7. The van der Waals surface area contributed by atoms with Gasteiger partial charge in [-0.3, -0.25) is 10.6 Å². The van der Waals surface area contributed by atoms with Crippen molar-refractivity contribution < 1.29 is 4.79 Å². The van der Waals surface area contributed by atoms with Crippen LogP contribution in [0.15, 0.2) is 48.5 Å². The second-order valence-corrected chi connectivity index (χ2v) is 5.25. The molecule has 1 amide bonds. The molecule has 0 atom stereocenters. The van der Waals surface area contributed by atoms with E-state index in [1.54, 1.807) is 0 Å². The minimum atomic E-state index is 0.0383. The molecule has 0 aromatic heterocycles. The predicted octanol–water partition coefficient (Wildman–Crippen LogP) is 2.21. The smallest absolute Gasteiger partial charge is 0.256 e. The van der Waals surface area contributed by atoms with Crippen LogP contribution in [0.1, 0.15) is 21.5 Å². The molecule has 0 fully saturated rings. The monoisotopic (exact) mass is 281 g/mol. The number of fused-ring (bicyclic) bond motifs is 1. The molecule has 0 unspecified atom stereocenters. The standard InChI is InChI=1S/C17H19N3O/c18-19-16-8-4-3-7-15(16)17(21)20-11-9-13-5-1-2-6-14(13)10-12-20/h1-8,19H,9-12,18H2. The van der Waals surface area contributed by atoms with Gasteiger partial charge in [-0.05, 0) is 36.1 Å². The Morgan fingerprint density at radius 3 is 2.14 bits per heavy atom. The third-order valence-electron chi connectivity index (χ3n) is 4.02. The number of para-hydroxylation sites is 1. The summed E-state index contributed by atoms with van der Waals surface area (Å²) in [6, 6.07) is 15.8.